The van der Waals surface area contributed by atoms with Crippen LogP contribution in [0, 0.1) is 0 Å². The Kier molecular flexibility index (Phi) is 2.09. The first-order valence-electron chi connectivity index (χ1n) is 5.32. The topological polar surface area (TPSA) is 36.9 Å². The van der Waals surface area contributed by atoms with E-state index in [0.717, 1.165) is 19.4 Å². The molecular formula is C9H15BO4. The molecular weight excluding hydrogens is 183 g/mol. The van der Waals surface area contributed by atoms with E-state index >= 15 is 0 Å². The van der Waals surface area contributed by atoms with E-state index in [0.29, 0.717) is 13.4 Å². The van der Waals surface area contributed by atoms with Gasteiger partial charge in [0.2, 0.25) is 0 Å². The average molecular weight is 198 g/mol. The first-order valence-corrected chi connectivity index (χ1v) is 5.32. The van der Waals surface area contributed by atoms with Crippen molar-refractivity contribution in [3.8, 4) is 0 Å². The standard InChI is InChI=1S/C9H15BO4/c10-8-9(2-1-3-13-9)7-6(14-8)4-11-5-12-7/h6-8H,1-5,10H2/t6?,7-,8?,9+/m1/s1. The van der Waals surface area contributed by atoms with Crippen molar-refractivity contribution in [2.75, 3.05) is 20.0 Å². The van der Waals surface area contributed by atoms with Gasteiger partial charge >= 0.3 is 0 Å². The molecule has 0 aromatic heterocycles. The van der Waals surface area contributed by atoms with Gasteiger partial charge < -0.3 is 18.9 Å². The minimum Gasteiger partial charge on any atom is -0.376 e. The second-order valence-electron chi connectivity index (χ2n) is 4.30. The Hall–Kier alpha value is -0.0951. The van der Waals surface area contributed by atoms with Crippen LogP contribution in [0.1, 0.15) is 12.8 Å². The van der Waals surface area contributed by atoms with Crippen molar-refractivity contribution < 1.29 is 18.9 Å². The van der Waals surface area contributed by atoms with E-state index in [1.54, 1.807) is 0 Å². The van der Waals surface area contributed by atoms with E-state index in [-0.39, 0.29) is 23.8 Å². The Labute approximate surface area is 84.2 Å². The largest absolute Gasteiger partial charge is 0.376 e. The van der Waals surface area contributed by atoms with E-state index in [4.69, 9.17) is 18.9 Å². The lowest BCUT2D eigenvalue weighted by Crippen LogP contribution is -2.51. The zero-order chi connectivity index (χ0) is 9.60. The number of hydrogen-bond donors (Lipinski definition) is 0. The summed E-state index contributed by atoms with van der Waals surface area (Å²) in [4.78, 5) is 0. The van der Waals surface area contributed by atoms with Gasteiger partial charge in [-0.3, -0.25) is 0 Å². The molecule has 0 aliphatic carbocycles. The summed E-state index contributed by atoms with van der Waals surface area (Å²) in [5.41, 5.74) is -0.186. The second-order valence-corrected chi connectivity index (χ2v) is 4.30. The fourth-order valence-corrected chi connectivity index (χ4v) is 2.88. The van der Waals surface area contributed by atoms with Gasteiger partial charge in [-0.2, -0.15) is 0 Å². The summed E-state index contributed by atoms with van der Waals surface area (Å²) in [6, 6.07) is 0.127. The van der Waals surface area contributed by atoms with Gasteiger partial charge in [0.15, 0.2) is 0 Å². The molecule has 0 radical (unpaired) electrons. The Morgan fingerprint density at radius 2 is 2.29 bits per heavy atom. The van der Waals surface area contributed by atoms with Gasteiger partial charge in [0, 0.05) is 6.61 Å². The molecule has 0 aromatic rings. The maximum Gasteiger partial charge on any atom is 0.147 e. The highest BCUT2D eigenvalue weighted by molar-refractivity contribution is 6.12. The van der Waals surface area contributed by atoms with Crippen molar-refractivity contribution in [2.45, 2.75) is 36.7 Å². The summed E-state index contributed by atoms with van der Waals surface area (Å²) < 4.78 is 22.6. The van der Waals surface area contributed by atoms with Gasteiger partial charge in [0.05, 0.1) is 12.6 Å². The Balaban J connectivity index is 1.88. The minimum atomic E-state index is -0.186. The molecule has 0 amide bonds. The number of hydrogen-bond acceptors (Lipinski definition) is 4. The van der Waals surface area contributed by atoms with E-state index in [9.17, 15) is 0 Å². The van der Waals surface area contributed by atoms with Gasteiger partial charge in [0.25, 0.3) is 0 Å². The molecule has 1 spiro atoms. The van der Waals surface area contributed by atoms with Crippen LogP contribution in [0.5, 0.6) is 0 Å². The zero-order valence-corrected chi connectivity index (χ0v) is 8.40. The highest BCUT2D eigenvalue weighted by atomic mass is 16.7. The first kappa shape index (κ1) is 9.15. The van der Waals surface area contributed by atoms with Crippen LogP contribution in [0.25, 0.3) is 0 Å². The zero-order valence-electron chi connectivity index (χ0n) is 8.40. The van der Waals surface area contributed by atoms with Crippen LogP contribution in [-0.4, -0.2) is 51.7 Å². The lowest BCUT2D eigenvalue weighted by molar-refractivity contribution is -0.204. The van der Waals surface area contributed by atoms with Crippen LogP contribution in [0.3, 0.4) is 0 Å². The van der Waals surface area contributed by atoms with Gasteiger partial charge in [-0.25, -0.2) is 0 Å². The maximum atomic E-state index is 5.88. The van der Waals surface area contributed by atoms with Crippen molar-refractivity contribution in [1.82, 2.24) is 0 Å². The maximum absolute atomic E-state index is 5.88. The Morgan fingerprint density at radius 1 is 1.36 bits per heavy atom. The lowest BCUT2D eigenvalue weighted by atomic mass is 9.78. The van der Waals surface area contributed by atoms with Crippen LogP contribution < -0.4 is 0 Å². The molecule has 4 nitrogen and oxygen atoms in total. The van der Waals surface area contributed by atoms with Crippen molar-refractivity contribution in [3.63, 3.8) is 0 Å². The number of fused-ring (bicyclic) bond motifs is 2. The Morgan fingerprint density at radius 3 is 3.07 bits per heavy atom. The summed E-state index contributed by atoms with van der Waals surface area (Å²) in [5, 5.41) is 0. The van der Waals surface area contributed by atoms with Gasteiger partial charge in [-0.1, -0.05) is 0 Å². The number of rotatable bonds is 0. The molecule has 14 heavy (non-hydrogen) atoms. The van der Waals surface area contributed by atoms with Crippen molar-refractivity contribution >= 4 is 7.85 Å². The monoisotopic (exact) mass is 198 g/mol. The minimum absolute atomic E-state index is 0.0665. The first-order chi connectivity index (χ1) is 6.83. The highest BCUT2D eigenvalue weighted by Crippen LogP contribution is 2.43. The highest BCUT2D eigenvalue weighted by Gasteiger charge is 2.58. The molecule has 3 heterocycles. The predicted octanol–water partition coefficient (Wildman–Crippen LogP) is -0.734. The van der Waals surface area contributed by atoms with Crippen LogP contribution in [0.2, 0.25) is 0 Å². The summed E-state index contributed by atoms with van der Waals surface area (Å²) >= 11 is 0. The summed E-state index contributed by atoms with van der Waals surface area (Å²) in [7, 11) is 2.08. The van der Waals surface area contributed by atoms with Gasteiger partial charge in [-0.15, -0.1) is 0 Å². The molecule has 0 saturated carbocycles. The molecule has 0 aromatic carbocycles. The molecule has 4 atom stereocenters. The molecule has 3 aliphatic heterocycles. The fraction of sp³-hybridized carbons (Fsp3) is 1.00. The lowest BCUT2D eigenvalue weighted by Gasteiger charge is -2.35. The predicted molar refractivity (Wildman–Crippen MR) is 50.8 cm³/mol. The van der Waals surface area contributed by atoms with Gasteiger partial charge in [-0.05, 0) is 12.8 Å². The molecule has 3 rings (SSSR count). The molecule has 3 saturated heterocycles. The van der Waals surface area contributed by atoms with Gasteiger partial charge in [0.1, 0.15) is 32.4 Å². The SMILES string of the molecule is BC1OC2COCO[C@H]2[C@@]12CCCO2. The van der Waals surface area contributed by atoms with E-state index < -0.39 is 0 Å². The molecule has 0 bridgehead atoms. The van der Waals surface area contributed by atoms with Crippen LogP contribution in [0.4, 0.5) is 0 Å². The summed E-state index contributed by atoms with van der Waals surface area (Å²) in [6.45, 7) is 1.85. The quantitative estimate of drug-likeness (QED) is 0.480. The van der Waals surface area contributed by atoms with E-state index in [2.05, 4.69) is 7.85 Å². The second kappa shape index (κ2) is 3.20. The van der Waals surface area contributed by atoms with Crippen LogP contribution >= 0.6 is 0 Å². The normalized spacial score (nSPS) is 52.4. The molecule has 0 N–H and O–H groups in total. The van der Waals surface area contributed by atoms with Crippen molar-refractivity contribution in [2.24, 2.45) is 0 Å². The average Bonchev–Trinajstić information content (AvgIpc) is 2.77. The smallest absolute Gasteiger partial charge is 0.147 e. The summed E-state index contributed by atoms with van der Waals surface area (Å²) in [5.74, 6) is 0. The van der Waals surface area contributed by atoms with Crippen LogP contribution in [0.15, 0.2) is 0 Å². The molecule has 3 fully saturated rings. The molecule has 3 aliphatic rings. The molecule has 5 heteroatoms. The third kappa shape index (κ3) is 1.10. The van der Waals surface area contributed by atoms with Crippen molar-refractivity contribution in [3.05, 3.63) is 0 Å². The third-order valence-corrected chi connectivity index (χ3v) is 3.58. The molecule has 2 unspecified atom stereocenters. The fourth-order valence-electron chi connectivity index (χ4n) is 2.88. The van der Waals surface area contributed by atoms with Crippen molar-refractivity contribution in [1.29, 1.82) is 0 Å². The molecule has 78 valence electrons. The summed E-state index contributed by atoms with van der Waals surface area (Å²) in [6.07, 6.45) is 2.31. The third-order valence-electron chi connectivity index (χ3n) is 3.58. The van der Waals surface area contributed by atoms with E-state index in [1.165, 1.54) is 0 Å². The van der Waals surface area contributed by atoms with E-state index in [1.807, 2.05) is 0 Å². The Bertz CT molecular complexity index is 229. The van der Waals surface area contributed by atoms with Crippen LogP contribution in [-0.2, 0) is 18.9 Å². The number of ether oxygens (including phenoxy) is 4.